The van der Waals surface area contributed by atoms with E-state index in [4.69, 9.17) is 4.74 Å². The molecule has 16 heavy (non-hydrogen) atoms. The van der Waals surface area contributed by atoms with Gasteiger partial charge in [-0.05, 0) is 26.7 Å². The number of carbonyl (C=O) groups is 1. The Hall–Kier alpha value is -1.15. The van der Waals surface area contributed by atoms with Gasteiger partial charge in [0.25, 0.3) is 0 Å². The van der Waals surface area contributed by atoms with Crippen LogP contribution >= 0.6 is 0 Å². The van der Waals surface area contributed by atoms with Gasteiger partial charge in [0.05, 0.1) is 5.60 Å². The Morgan fingerprint density at radius 3 is 2.44 bits per heavy atom. The summed E-state index contributed by atoms with van der Waals surface area (Å²) >= 11 is 0. The highest BCUT2D eigenvalue weighted by molar-refractivity contribution is 5.95. The lowest BCUT2D eigenvalue weighted by atomic mass is 9.98. The Morgan fingerprint density at radius 2 is 1.88 bits per heavy atom. The first-order chi connectivity index (χ1) is 7.55. The average Bonchev–Trinajstić information content (AvgIpc) is 2.30. The van der Waals surface area contributed by atoms with E-state index in [0.29, 0.717) is 6.42 Å². The minimum atomic E-state index is -0.128. The molecule has 0 radical (unpaired) electrons. The second-order valence-corrected chi connectivity index (χ2v) is 4.61. The van der Waals surface area contributed by atoms with Crippen LogP contribution in [0.25, 0.3) is 0 Å². The van der Waals surface area contributed by atoms with Crippen LogP contribution in [0.3, 0.4) is 0 Å². The fourth-order valence-electron chi connectivity index (χ4n) is 1.55. The van der Waals surface area contributed by atoms with Gasteiger partial charge >= 0.3 is 0 Å². The molecule has 1 rings (SSSR count). The summed E-state index contributed by atoms with van der Waals surface area (Å²) in [6, 6.07) is 9.44. The lowest BCUT2D eigenvalue weighted by molar-refractivity contribution is 0.0137. The molecule has 2 nitrogen and oxygen atoms in total. The van der Waals surface area contributed by atoms with Crippen molar-refractivity contribution >= 4 is 5.78 Å². The molecule has 0 spiro atoms. The number of ketones is 1. The summed E-state index contributed by atoms with van der Waals surface area (Å²) in [6.45, 7) is 4.08. The molecule has 0 saturated carbocycles. The minimum Gasteiger partial charge on any atom is -0.379 e. The third kappa shape index (κ3) is 4.15. The van der Waals surface area contributed by atoms with Gasteiger partial charge in [0.1, 0.15) is 0 Å². The van der Waals surface area contributed by atoms with Gasteiger partial charge in [-0.2, -0.15) is 0 Å². The van der Waals surface area contributed by atoms with Crippen molar-refractivity contribution in [2.75, 3.05) is 7.11 Å². The van der Waals surface area contributed by atoms with Crippen molar-refractivity contribution in [2.45, 2.75) is 38.7 Å². The summed E-state index contributed by atoms with van der Waals surface area (Å²) in [4.78, 5) is 11.8. The fraction of sp³-hybridized carbons (Fsp3) is 0.500. The van der Waals surface area contributed by atoms with Crippen molar-refractivity contribution < 1.29 is 9.53 Å². The number of hydrogen-bond donors (Lipinski definition) is 0. The number of benzene rings is 1. The third-order valence-corrected chi connectivity index (χ3v) is 2.83. The van der Waals surface area contributed by atoms with Crippen LogP contribution in [-0.4, -0.2) is 18.5 Å². The van der Waals surface area contributed by atoms with E-state index in [-0.39, 0.29) is 11.4 Å². The van der Waals surface area contributed by atoms with Gasteiger partial charge in [-0.3, -0.25) is 4.79 Å². The van der Waals surface area contributed by atoms with Gasteiger partial charge in [-0.25, -0.2) is 0 Å². The summed E-state index contributed by atoms with van der Waals surface area (Å²) in [6.07, 6.45) is 2.37. The smallest absolute Gasteiger partial charge is 0.162 e. The van der Waals surface area contributed by atoms with Crippen molar-refractivity contribution in [3.05, 3.63) is 35.9 Å². The molecular formula is C14H20O2. The first-order valence-electron chi connectivity index (χ1n) is 5.68. The predicted molar refractivity (Wildman–Crippen MR) is 65.7 cm³/mol. The Labute approximate surface area is 97.6 Å². The molecule has 0 aliphatic heterocycles. The standard InChI is InChI=1S/C14H20O2/c1-14(2,16-3)11-7-10-13(15)12-8-5-4-6-9-12/h4-6,8-9H,7,10-11H2,1-3H3. The highest BCUT2D eigenvalue weighted by Gasteiger charge is 2.16. The van der Waals surface area contributed by atoms with Crippen molar-refractivity contribution in [2.24, 2.45) is 0 Å². The average molecular weight is 220 g/mol. The number of rotatable bonds is 6. The van der Waals surface area contributed by atoms with E-state index in [2.05, 4.69) is 0 Å². The van der Waals surface area contributed by atoms with E-state index in [9.17, 15) is 4.79 Å². The van der Waals surface area contributed by atoms with Gasteiger partial charge in [-0.15, -0.1) is 0 Å². The summed E-state index contributed by atoms with van der Waals surface area (Å²) in [5, 5.41) is 0. The lowest BCUT2D eigenvalue weighted by Crippen LogP contribution is -2.22. The monoisotopic (exact) mass is 220 g/mol. The van der Waals surface area contributed by atoms with Crippen LogP contribution in [0.5, 0.6) is 0 Å². The van der Waals surface area contributed by atoms with Crippen LogP contribution in [0.4, 0.5) is 0 Å². The molecule has 0 aliphatic rings. The second-order valence-electron chi connectivity index (χ2n) is 4.61. The summed E-state index contributed by atoms with van der Waals surface area (Å²) in [7, 11) is 1.71. The van der Waals surface area contributed by atoms with Gasteiger partial charge in [0.15, 0.2) is 5.78 Å². The maximum Gasteiger partial charge on any atom is 0.162 e. The number of hydrogen-bond acceptors (Lipinski definition) is 2. The molecule has 0 saturated heterocycles. The molecule has 2 heteroatoms. The Morgan fingerprint density at radius 1 is 1.25 bits per heavy atom. The lowest BCUT2D eigenvalue weighted by Gasteiger charge is -2.22. The fourth-order valence-corrected chi connectivity index (χ4v) is 1.55. The molecule has 0 amide bonds. The van der Waals surface area contributed by atoms with E-state index in [0.717, 1.165) is 18.4 Å². The first kappa shape index (κ1) is 12.9. The quantitative estimate of drug-likeness (QED) is 0.686. The Bertz CT molecular complexity index is 328. The Kier molecular flexibility index (Phi) is 4.69. The zero-order valence-electron chi connectivity index (χ0n) is 10.3. The van der Waals surface area contributed by atoms with Crippen LogP contribution in [0.2, 0.25) is 0 Å². The van der Waals surface area contributed by atoms with Crippen LogP contribution in [-0.2, 0) is 4.74 Å². The van der Waals surface area contributed by atoms with Gasteiger partial charge in [0.2, 0.25) is 0 Å². The van der Waals surface area contributed by atoms with Crippen LogP contribution in [0.1, 0.15) is 43.5 Å². The number of carbonyl (C=O) groups excluding carboxylic acids is 1. The largest absolute Gasteiger partial charge is 0.379 e. The summed E-state index contributed by atoms with van der Waals surface area (Å²) in [5.41, 5.74) is 0.675. The summed E-state index contributed by atoms with van der Waals surface area (Å²) < 4.78 is 5.31. The molecule has 0 fully saturated rings. The highest BCUT2D eigenvalue weighted by atomic mass is 16.5. The molecule has 0 atom stereocenters. The van der Waals surface area contributed by atoms with E-state index >= 15 is 0 Å². The van der Waals surface area contributed by atoms with Crippen molar-refractivity contribution in [3.63, 3.8) is 0 Å². The topological polar surface area (TPSA) is 26.3 Å². The first-order valence-corrected chi connectivity index (χ1v) is 5.68. The highest BCUT2D eigenvalue weighted by Crippen LogP contribution is 2.17. The SMILES string of the molecule is COC(C)(C)CCCC(=O)c1ccccc1. The molecule has 0 N–H and O–H groups in total. The molecule has 1 aromatic rings. The second kappa shape index (κ2) is 5.80. The molecule has 0 bridgehead atoms. The van der Waals surface area contributed by atoms with E-state index in [1.54, 1.807) is 7.11 Å². The third-order valence-electron chi connectivity index (χ3n) is 2.83. The zero-order valence-corrected chi connectivity index (χ0v) is 10.3. The van der Waals surface area contributed by atoms with Crippen LogP contribution < -0.4 is 0 Å². The number of methoxy groups -OCH3 is 1. The molecular weight excluding hydrogens is 200 g/mol. The molecule has 88 valence electrons. The van der Waals surface area contributed by atoms with E-state index < -0.39 is 0 Å². The normalized spacial score (nSPS) is 11.4. The van der Waals surface area contributed by atoms with Crippen molar-refractivity contribution in [1.29, 1.82) is 0 Å². The maximum absolute atomic E-state index is 11.8. The van der Waals surface area contributed by atoms with Gasteiger partial charge < -0.3 is 4.74 Å². The maximum atomic E-state index is 11.8. The summed E-state index contributed by atoms with van der Waals surface area (Å²) in [5.74, 6) is 0.215. The van der Waals surface area contributed by atoms with E-state index in [1.165, 1.54) is 0 Å². The van der Waals surface area contributed by atoms with Crippen LogP contribution in [0, 0.1) is 0 Å². The molecule has 0 unspecified atom stereocenters. The molecule has 0 aromatic heterocycles. The van der Waals surface area contributed by atoms with Crippen molar-refractivity contribution in [1.82, 2.24) is 0 Å². The predicted octanol–water partition coefficient (Wildman–Crippen LogP) is 3.46. The number of Topliss-reactive ketones (excluding diaryl/α,β-unsaturated/α-hetero) is 1. The molecule has 0 aliphatic carbocycles. The minimum absolute atomic E-state index is 0.128. The molecule has 1 aromatic carbocycles. The van der Waals surface area contributed by atoms with Crippen LogP contribution in [0.15, 0.2) is 30.3 Å². The van der Waals surface area contributed by atoms with Crippen molar-refractivity contribution in [3.8, 4) is 0 Å². The van der Waals surface area contributed by atoms with Gasteiger partial charge in [0, 0.05) is 19.1 Å². The van der Waals surface area contributed by atoms with E-state index in [1.807, 2.05) is 44.2 Å². The zero-order chi connectivity index (χ0) is 12.0. The number of ether oxygens (including phenoxy) is 1. The van der Waals surface area contributed by atoms with Gasteiger partial charge in [-0.1, -0.05) is 30.3 Å². The molecule has 0 heterocycles. The Balaban J connectivity index is 2.37.